The minimum atomic E-state index is -0.294. The monoisotopic (exact) mass is 248 g/mol. The number of carbonyl (C=O) groups is 1. The summed E-state index contributed by atoms with van der Waals surface area (Å²) in [5.74, 6) is -0.274. The van der Waals surface area contributed by atoms with Gasteiger partial charge in [-0.25, -0.2) is 0 Å². The van der Waals surface area contributed by atoms with E-state index in [-0.39, 0.29) is 25.3 Å². The summed E-state index contributed by atoms with van der Waals surface area (Å²) in [5, 5.41) is 0. The van der Waals surface area contributed by atoms with E-state index in [1.54, 1.807) is 0 Å². The molecule has 0 radical (unpaired) electrons. The Morgan fingerprint density at radius 1 is 1.22 bits per heavy atom. The predicted octanol–water partition coefficient (Wildman–Crippen LogP) is 1.27. The predicted molar refractivity (Wildman–Crippen MR) is 68.4 cm³/mol. The molecule has 1 saturated heterocycles. The molecule has 0 N–H and O–H groups in total. The zero-order chi connectivity index (χ0) is 13.1. The molecule has 0 amide bonds. The summed E-state index contributed by atoms with van der Waals surface area (Å²) >= 11 is 0. The maximum atomic E-state index is 10.7. The lowest BCUT2D eigenvalue weighted by Crippen LogP contribution is -2.32. The van der Waals surface area contributed by atoms with Gasteiger partial charge < -0.3 is 14.0 Å². The molecule has 0 spiro atoms. The van der Waals surface area contributed by atoms with Gasteiger partial charge in [0.25, 0.3) is 0 Å². The lowest BCUT2D eigenvalue weighted by molar-refractivity contribution is -0.142. The van der Waals surface area contributed by atoms with Gasteiger partial charge in [0.1, 0.15) is 6.61 Å². The highest BCUT2D eigenvalue weighted by molar-refractivity contribution is 6.61. The zero-order valence-electron chi connectivity index (χ0n) is 10.9. The number of rotatable bonds is 3. The molecule has 0 aromatic heterocycles. The standard InChI is InChI=1S/C13H17BO4/c1-9-10(2)18-14(17-9)13-6-4-12(5-7-13)8-16-11(3)15/h4-7,9-10H,8H2,1-3H3. The van der Waals surface area contributed by atoms with Crippen molar-refractivity contribution in [2.24, 2.45) is 0 Å². The Balaban J connectivity index is 1.97. The van der Waals surface area contributed by atoms with Gasteiger partial charge in [-0.2, -0.15) is 0 Å². The first-order valence-corrected chi connectivity index (χ1v) is 6.09. The molecular weight excluding hydrogens is 231 g/mol. The van der Waals surface area contributed by atoms with Crippen molar-refractivity contribution in [3.05, 3.63) is 29.8 Å². The molecule has 18 heavy (non-hydrogen) atoms. The Morgan fingerprint density at radius 3 is 2.28 bits per heavy atom. The fraction of sp³-hybridized carbons (Fsp3) is 0.462. The van der Waals surface area contributed by atoms with Crippen LogP contribution >= 0.6 is 0 Å². The second-order valence-corrected chi connectivity index (χ2v) is 4.54. The van der Waals surface area contributed by atoms with Crippen LogP contribution in [0.25, 0.3) is 0 Å². The quantitative estimate of drug-likeness (QED) is 0.596. The minimum absolute atomic E-state index is 0.107. The fourth-order valence-electron chi connectivity index (χ4n) is 1.76. The van der Waals surface area contributed by atoms with E-state index in [0.29, 0.717) is 6.61 Å². The van der Waals surface area contributed by atoms with E-state index in [9.17, 15) is 4.79 Å². The topological polar surface area (TPSA) is 44.8 Å². The van der Waals surface area contributed by atoms with Crippen molar-refractivity contribution in [2.75, 3.05) is 0 Å². The van der Waals surface area contributed by atoms with Crippen LogP contribution in [0.5, 0.6) is 0 Å². The summed E-state index contributed by atoms with van der Waals surface area (Å²) in [4.78, 5) is 10.7. The first kappa shape index (κ1) is 13.1. The third kappa shape index (κ3) is 3.12. The summed E-state index contributed by atoms with van der Waals surface area (Å²) < 4.78 is 16.3. The van der Waals surface area contributed by atoms with Crippen molar-refractivity contribution in [2.45, 2.75) is 39.6 Å². The summed E-state index contributed by atoms with van der Waals surface area (Å²) in [7, 11) is -0.294. The molecule has 1 heterocycles. The average molecular weight is 248 g/mol. The highest BCUT2D eigenvalue weighted by Crippen LogP contribution is 2.15. The molecule has 0 aliphatic carbocycles. The van der Waals surface area contributed by atoms with Crippen molar-refractivity contribution in [3.63, 3.8) is 0 Å². The molecule has 5 heteroatoms. The van der Waals surface area contributed by atoms with E-state index in [0.717, 1.165) is 11.0 Å². The lowest BCUT2D eigenvalue weighted by Gasteiger charge is -2.07. The number of ether oxygens (including phenoxy) is 1. The van der Waals surface area contributed by atoms with E-state index in [1.807, 2.05) is 38.1 Å². The summed E-state index contributed by atoms with van der Waals surface area (Å²) in [6.07, 6.45) is 0.214. The third-order valence-corrected chi connectivity index (χ3v) is 3.03. The number of esters is 1. The van der Waals surface area contributed by atoms with Crippen molar-refractivity contribution >= 4 is 18.6 Å². The van der Waals surface area contributed by atoms with Crippen LogP contribution in [0.3, 0.4) is 0 Å². The highest BCUT2D eigenvalue weighted by atomic mass is 16.7. The van der Waals surface area contributed by atoms with E-state index in [4.69, 9.17) is 14.0 Å². The summed E-state index contributed by atoms with van der Waals surface area (Å²) in [5.41, 5.74) is 1.94. The van der Waals surface area contributed by atoms with Crippen molar-refractivity contribution in [1.29, 1.82) is 0 Å². The smallest absolute Gasteiger partial charge is 0.461 e. The average Bonchev–Trinajstić information content (AvgIpc) is 2.68. The van der Waals surface area contributed by atoms with Crippen molar-refractivity contribution < 1.29 is 18.8 Å². The molecule has 0 saturated carbocycles. The molecule has 1 aromatic rings. The third-order valence-electron chi connectivity index (χ3n) is 3.03. The first-order valence-electron chi connectivity index (χ1n) is 6.09. The Hall–Kier alpha value is -1.33. The Bertz CT molecular complexity index is 408. The van der Waals surface area contributed by atoms with E-state index in [2.05, 4.69) is 0 Å². The summed E-state index contributed by atoms with van der Waals surface area (Å²) in [6, 6.07) is 7.71. The molecule has 2 rings (SSSR count). The van der Waals surface area contributed by atoms with Gasteiger partial charge in [0, 0.05) is 6.92 Å². The van der Waals surface area contributed by atoms with Gasteiger partial charge in [0.2, 0.25) is 0 Å². The fourth-order valence-corrected chi connectivity index (χ4v) is 1.76. The van der Waals surface area contributed by atoms with Crippen molar-refractivity contribution in [3.8, 4) is 0 Å². The van der Waals surface area contributed by atoms with Crippen LogP contribution in [0, 0.1) is 0 Å². The molecule has 1 fully saturated rings. The van der Waals surface area contributed by atoms with Gasteiger partial charge in [0.05, 0.1) is 12.2 Å². The largest absolute Gasteiger partial charge is 0.494 e. The minimum Gasteiger partial charge on any atom is -0.461 e. The zero-order valence-corrected chi connectivity index (χ0v) is 10.9. The Labute approximate surface area is 107 Å². The van der Waals surface area contributed by atoms with Crippen LogP contribution < -0.4 is 5.46 Å². The maximum Gasteiger partial charge on any atom is 0.494 e. The van der Waals surface area contributed by atoms with E-state index in [1.165, 1.54) is 6.92 Å². The van der Waals surface area contributed by atoms with Crippen LogP contribution in [0.1, 0.15) is 26.3 Å². The highest BCUT2D eigenvalue weighted by Gasteiger charge is 2.35. The molecule has 0 bridgehead atoms. The van der Waals surface area contributed by atoms with Crippen LogP contribution in [0.15, 0.2) is 24.3 Å². The van der Waals surface area contributed by atoms with Gasteiger partial charge in [-0.1, -0.05) is 24.3 Å². The first-order chi connectivity index (χ1) is 8.56. The van der Waals surface area contributed by atoms with Gasteiger partial charge in [-0.05, 0) is 24.9 Å². The van der Waals surface area contributed by atoms with Crippen LogP contribution in [-0.4, -0.2) is 25.3 Å². The molecule has 2 atom stereocenters. The second kappa shape index (κ2) is 5.54. The van der Waals surface area contributed by atoms with Crippen molar-refractivity contribution in [1.82, 2.24) is 0 Å². The maximum absolute atomic E-state index is 10.7. The molecular formula is C13H17BO4. The molecule has 4 nitrogen and oxygen atoms in total. The van der Waals surface area contributed by atoms with E-state index < -0.39 is 0 Å². The van der Waals surface area contributed by atoms with Crippen LogP contribution in [0.4, 0.5) is 0 Å². The summed E-state index contributed by atoms with van der Waals surface area (Å²) in [6.45, 7) is 5.70. The molecule has 1 aliphatic heterocycles. The molecule has 1 aliphatic rings. The number of benzene rings is 1. The Kier molecular flexibility index (Phi) is 4.04. The second-order valence-electron chi connectivity index (χ2n) is 4.54. The number of carbonyl (C=O) groups excluding carboxylic acids is 1. The Morgan fingerprint density at radius 2 is 1.78 bits per heavy atom. The van der Waals surface area contributed by atoms with E-state index >= 15 is 0 Å². The molecule has 2 unspecified atom stereocenters. The normalized spacial score (nSPS) is 23.2. The van der Waals surface area contributed by atoms with Crippen LogP contribution in [-0.2, 0) is 25.4 Å². The lowest BCUT2D eigenvalue weighted by atomic mass is 9.79. The van der Waals surface area contributed by atoms with Gasteiger partial charge in [0.15, 0.2) is 0 Å². The number of hydrogen-bond acceptors (Lipinski definition) is 4. The van der Waals surface area contributed by atoms with Gasteiger partial charge >= 0.3 is 13.1 Å². The van der Waals surface area contributed by atoms with Gasteiger partial charge in [-0.15, -0.1) is 0 Å². The SMILES string of the molecule is CC(=O)OCc1ccc(B2OC(C)C(C)O2)cc1. The molecule has 1 aromatic carbocycles. The van der Waals surface area contributed by atoms with Crippen LogP contribution in [0.2, 0.25) is 0 Å². The number of hydrogen-bond donors (Lipinski definition) is 0. The van der Waals surface area contributed by atoms with Gasteiger partial charge in [-0.3, -0.25) is 4.79 Å². The molecule has 96 valence electrons.